The smallest absolute Gasteiger partial charge is 0.267 e. The summed E-state index contributed by atoms with van der Waals surface area (Å²) in [6, 6.07) is 15.0. The van der Waals surface area contributed by atoms with Crippen molar-refractivity contribution in [1.82, 2.24) is 15.2 Å². The number of aromatic nitrogens is 1. The summed E-state index contributed by atoms with van der Waals surface area (Å²) in [5.74, 6) is -0.528. The molecule has 5 heteroatoms. The second-order valence-corrected chi connectivity index (χ2v) is 7.26. The molecule has 0 bridgehead atoms. The molecule has 1 atom stereocenters. The Bertz CT molecular complexity index is 942. The van der Waals surface area contributed by atoms with Crippen LogP contribution in [0.1, 0.15) is 40.5 Å². The number of aromatic amines is 1. The number of halogens is 1. The number of nitrogens with zero attached hydrogens (tertiary/aromatic N) is 1. The zero-order valence-corrected chi connectivity index (χ0v) is 15.5. The molecule has 1 aromatic heterocycles. The number of likely N-dealkylation sites (tertiary alicyclic amines) is 1. The van der Waals surface area contributed by atoms with Gasteiger partial charge in [0.2, 0.25) is 0 Å². The third kappa shape index (κ3) is 3.74. The van der Waals surface area contributed by atoms with Gasteiger partial charge in [-0.3, -0.25) is 9.69 Å². The molecule has 1 aliphatic heterocycles. The molecule has 2 aromatic carbocycles. The van der Waals surface area contributed by atoms with Gasteiger partial charge in [-0.25, -0.2) is 4.39 Å². The number of aryl methyl sites for hydroxylation is 1. The zero-order valence-electron chi connectivity index (χ0n) is 15.5. The molecular formula is C22H24FN3O. The Labute approximate surface area is 158 Å². The lowest BCUT2D eigenvalue weighted by Gasteiger charge is -2.28. The van der Waals surface area contributed by atoms with Gasteiger partial charge >= 0.3 is 0 Å². The van der Waals surface area contributed by atoms with E-state index in [1.807, 2.05) is 0 Å². The Hall–Kier alpha value is -2.66. The number of benzene rings is 2. The number of nitrogens with one attached hydrogen (secondary N) is 2. The Kier molecular flexibility index (Phi) is 4.94. The van der Waals surface area contributed by atoms with E-state index < -0.39 is 0 Å². The van der Waals surface area contributed by atoms with Crippen LogP contribution in [0.25, 0.3) is 10.9 Å². The molecule has 4 nitrogen and oxygen atoms in total. The minimum absolute atomic E-state index is 0.151. The van der Waals surface area contributed by atoms with Crippen LogP contribution in [0.4, 0.5) is 4.39 Å². The molecule has 1 amide bonds. The van der Waals surface area contributed by atoms with Gasteiger partial charge in [0, 0.05) is 17.4 Å². The van der Waals surface area contributed by atoms with E-state index in [9.17, 15) is 9.18 Å². The van der Waals surface area contributed by atoms with E-state index in [-0.39, 0.29) is 17.8 Å². The first-order valence-corrected chi connectivity index (χ1v) is 9.48. The predicted molar refractivity (Wildman–Crippen MR) is 105 cm³/mol. The normalized spacial score (nSPS) is 15.9. The highest BCUT2D eigenvalue weighted by molar-refractivity contribution is 5.98. The second kappa shape index (κ2) is 7.53. The van der Waals surface area contributed by atoms with Crippen molar-refractivity contribution in [3.8, 4) is 0 Å². The number of rotatable bonds is 5. The minimum atomic E-state index is -0.322. The number of fused-ring (bicyclic) bond motifs is 1. The van der Waals surface area contributed by atoms with E-state index in [1.165, 1.54) is 30.0 Å². The van der Waals surface area contributed by atoms with E-state index in [0.29, 0.717) is 23.1 Å². The number of amides is 1. The first-order chi connectivity index (χ1) is 13.1. The minimum Gasteiger partial charge on any atom is -0.350 e. The molecule has 0 radical (unpaired) electrons. The number of hydrogen-bond acceptors (Lipinski definition) is 2. The van der Waals surface area contributed by atoms with Crippen LogP contribution in [-0.2, 0) is 0 Å². The highest BCUT2D eigenvalue weighted by Crippen LogP contribution is 2.25. The summed E-state index contributed by atoms with van der Waals surface area (Å²) in [7, 11) is 0. The van der Waals surface area contributed by atoms with Crippen molar-refractivity contribution in [2.24, 2.45) is 0 Å². The topological polar surface area (TPSA) is 48.1 Å². The highest BCUT2D eigenvalue weighted by atomic mass is 19.1. The quantitative estimate of drug-likeness (QED) is 0.712. The largest absolute Gasteiger partial charge is 0.350 e. The summed E-state index contributed by atoms with van der Waals surface area (Å²) in [6.07, 6.45) is 2.38. The molecule has 3 aromatic rings. The fourth-order valence-electron chi connectivity index (χ4n) is 3.82. The number of carbonyl (C=O) groups excluding carboxylic acids is 1. The van der Waals surface area contributed by atoms with Gasteiger partial charge in [-0.05, 0) is 56.6 Å². The molecule has 0 spiro atoms. The maximum atomic E-state index is 13.9. The van der Waals surface area contributed by atoms with Crippen molar-refractivity contribution < 1.29 is 9.18 Å². The van der Waals surface area contributed by atoms with Gasteiger partial charge in [0.25, 0.3) is 5.91 Å². The molecule has 0 saturated carbocycles. The Morgan fingerprint density at radius 3 is 2.63 bits per heavy atom. The van der Waals surface area contributed by atoms with Crippen molar-refractivity contribution in [3.05, 3.63) is 71.2 Å². The van der Waals surface area contributed by atoms with Crippen molar-refractivity contribution in [2.45, 2.75) is 25.8 Å². The molecule has 1 aliphatic rings. The molecular weight excluding hydrogens is 341 g/mol. The lowest BCUT2D eigenvalue weighted by molar-refractivity contribution is 0.0933. The summed E-state index contributed by atoms with van der Waals surface area (Å²) in [6.45, 7) is 4.70. The van der Waals surface area contributed by atoms with Gasteiger partial charge in [-0.15, -0.1) is 0 Å². The molecule has 2 heterocycles. The van der Waals surface area contributed by atoms with Crippen LogP contribution in [0.5, 0.6) is 0 Å². The fraction of sp³-hybridized carbons (Fsp3) is 0.318. The maximum absolute atomic E-state index is 13.9. The highest BCUT2D eigenvalue weighted by Gasteiger charge is 2.24. The van der Waals surface area contributed by atoms with Gasteiger partial charge < -0.3 is 10.3 Å². The second-order valence-electron chi connectivity index (χ2n) is 7.26. The average Bonchev–Trinajstić information content (AvgIpc) is 3.33. The van der Waals surface area contributed by atoms with Crippen LogP contribution in [0.3, 0.4) is 0 Å². The lowest BCUT2D eigenvalue weighted by atomic mass is 10.0. The molecule has 27 heavy (non-hydrogen) atoms. The monoisotopic (exact) mass is 365 g/mol. The van der Waals surface area contributed by atoms with Gasteiger partial charge in [-0.2, -0.15) is 0 Å². The van der Waals surface area contributed by atoms with E-state index in [0.717, 1.165) is 13.1 Å². The summed E-state index contributed by atoms with van der Waals surface area (Å²) in [5.41, 5.74) is 3.46. The fourth-order valence-corrected chi connectivity index (χ4v) is 3.82. The van der Waals surface area contributed by atoms with Crippen molar-refractivity contribution >= 4 is 16.8 Å². The molecule has 1 saturated heterocycles. The molecule has 2 N–H and O–H groups in total. The van der Waals surface area contributed by atoms with E-state index >= 15 is 0 Å². The van der Waals surface area contributed by atoms with Gasteiger partial charge in [-0.1, -0.05) is 35.9 Å². The number of hydrogen-bond donors (Lipinski definition) is 2. The van der Waals surface area contributed by atoms with Crippen LogP contribution in [0.2, 0.25) is 0 Å². The summed E-state index contributed by atoms with van der Waals surface area (Å²) >= 11 is 0. The Morgan fingerprint density at radius 1 is 1.19 bits per heavy atom. The third-order valence-corrected chi connectivity index (χ3v) is 5.36. The number of carbonyl (C=O) groups is 1. The van der Waals surface area contributed by atoms with Crippen LogP contribution >= 0.6 is 0 Å². The van der Waals surface area contributed by atoms with Crippen LogP contribution in [0.15, 0.2) is 48.5 Å². The van der Waals surface area contributed by atoms with Crippen LogP contribution in [0, 0.1) is 12.7 Å². The van der Waals surface area contributed by atoms with Gasteiger partial charge in [0.15, 0.2) is 0 Å². The third-order valence-electron chi connectivity index (χ3n) is 5.36. The summed E-state index contributed by atoms with van der Waals surface area (Å²) in [5, 5.41) is 3.48. The molecule has 1 unspecified atom stereocenters. The van der Waals surface area contributed by atoms with E-state index in [2.05, 4.69) is 46.4 Å². The van der Waals surface area contributed by atoms with E-state index in [1.54, 1.807) is 18.2 Å². The average molecular weight is 365 g/mol. The van der Waals surface area contributed by atoms with Gasteiger partial charge in [0.05, 0.1) is 6.04 Å². The number of H-pyrrole nitrogens is 1. The Balaban J connectivity index is 1.51. The maximum Gasteiger partial charge on any atom is 0.267 e. The van der Waals surface area contributed by atoms with Crippen molar-refractivity contribution in [1.29, 1.82) is 0 Å². The lowest BCUT2D eigenvalue weighted by Crippen LogP contribution is -2.36. The zero-order chi connectivity index (χ0) is 18.8. The van der Waals surface area contributed by atoms with Crippen LogP contribution in [-0.4, -0.2) is 35.4 Å². The molecule has 0 aliphatic carbocycles. The van der Waals surface area contributed by atoms with Crippen molar-refractivity contribution in [2.75, 3.05) is 19.6 Å². The predicted octanol–water partition coefficient (Wildman–Crippen LogP) is 4.18. The molecule has 1 fully saturated rings. The molecule has 140 valence electrons. The van der Waals surface area contributed by atoms with E-state index in [4.69, 9.17) is 0 Å². The van der Waals surface area contributed by atoms with Crippen molar-refractivity contribution in [3.63, 3.8) is 0 Å². The molecule has 4 rings (SSSR count). The standard InChI is InChI=1S/C22H24FN3O/c1-15-7-9-16(10-8-15)21(26-11-2-3-12-26)14-24-22(27)20-13-17-18(23)5-4-6-19(17)25-20/h4-10,13,21,25H,2-3,11-12,14H2,1H3,(H,24,27). The van der Waals surface area contributed by atoms with Crippen LogP contribution < -0.4 is 5.32 Å². The Morgan fingerprint density at radius 2 is 1.93 bits per heavy atom. The van der Waals surface area contributed by atoms with Gasteiger partial charge in [0.1, 0.15) is 11.5 Å². The first kappa shape index (κ1) is 17.7. The summed E-state index contributed by atoms with van der Waals surface area (Å²) < 4.78 is 13.9. The SMILES string of the molecule is Cc1ccc(C(CNC(=O)c2cc3c(F)cccc3[nH]2)N2CCCC2)cc1. The summed E-state index contributed by atoms with van der Waals surface area (Å²) in [4.78, 5) is 18.1. The first-order valence-electron chi connectivity index (χ1n) is 9.48.